The highest BCUT2D eigenvalue weighted by molar-refractivity contribution is 7.89. The Morgan fingerprint density at radius 3 is 2.38 bits per heavy atom. The second-order valence-corrected chi connectivity index (χ2v) is 8.25. The van der Waals surface area contributed by atoms with Gasteiger partial charge in [0.25, 0.3) is 0 Å². The summed E-state index contributed by atoms with van der Waals surface area (Å²) in [4.78, 5) is 11.9. The molecule has 0 radical (unpaired) electrons. The Morgan fingerprint density at radius 1 is 1.10 bits per heavy atom. The second kappa shape index (κ2) is 9.43. The summed E-state index contributed by atoms with van der Waals surface area (Å²) in [6, 6.07) is 9.56. The van der Waals surface area contributed by atoms with Crippen molar-refractivity contribution < 1.29 is 26.4 Å². The van der Waals surface area contributed by atoms with Crippen molar-refractivity contribution in [1.29, 1.82) is 0 Å². The molecule has 0 unspecified atom stereocenters. The predicted octanol–water partition coefficient (Wildman–Crippen LogP) is 3.78. The molecule has 0 aliphatic carbocycles. The highest BCUT2D eigenvalue weighted by atomic mass is 35.5. The molecule has 0 saturated carbocycles. The van der Waals surface area contributed by atoms with E-state index >= 15 is 0 Å². The zero-order valence-electron chi connectivity index (χ0n) is 15.3. The lowest BCUT2D eigenvalue weighted by atomic mass is 10.1. The SMILES string of the molecule is Cc1ccc(S(=O)(=O)NCCNC(=O)C=Cc2ccc(Cl)c(C(F)(F)F)c2)cc1. The van der Waals surface area contributed by atoms with Crippen molar-refractivity contribution in [3.63, 3.8) is 0 Å². The Balaban J connectivity index is 1.86. The maximum absolute atomic E-state index is 12.8. The fourth-order valence-electron chi connectivity index (χ4n) is 2.27. The quantitative estimate of drug-likeness (QED) is 0.502. The minimum Gasteiger partial charge on any atom is -0.351 e. The first-order valence-electron chi connectivity index (χ1n) is 8.38. The van der Waals surface area contributed by atoms with Crippen LogP contribution in [0.1, 0.15) is 16.7 Å². The highest BCUT2D eigenvalue weighted by Gasteiger charge is 2.33. The summed E-state index contributed by atoms with van der Waals surface area (Å²) in [7, 11) is -3.69. The van der Waals surface area contributed by atoms with Crippen molar-refractivity contribution in [2.45, 2.75) is 18.0 Å². The van der Waals surface area contributed by atoms with E-state index in [2.05, 4.69) is 10.0 Å². The summed E-state index contributed by atoms with van der Waals surface area (Å²) in [5, 5.41) is 2.01. The van der Waals surface area contributed by atoms with Gasteiger partial charge >= 0.3 is 6.18 Å². The molecule has 10 heteroatoms. The molecule has 0 spiro atoms. The molecule has 2 aromatic rings. The average Bonchev–Trinajstić information content (AvgIpc) is 2.64. The summed E-state index contributed by atoms with van der Waals surface area (Å²) in [5.41, 5.74) is 0.0789. The lowest BCUT2D eigenvalue weighted by Gasteiger charge is -2.09. The first-order chi connectivity index (χ1) is 13.5. The number of nitrogens with one attached hydrogen (secondary N) is 2. The number of hydrogen-bond donors (Lipinski definition) is 2. The van der Waals surface area contributed by atoms with Gasteiger partial charge in [0.2, 0.25) is 15.9 Å². The second-order valence-electron chi connectivity index (χ2n) is 6.07. The Bertz CT molecular complexity index is 1000. The molecule has 5 nitrogen and oxygen atoms in total. The van der Waals surface area contributed by atoms with E-state index in [1.54, 1.807) is 12.1 Å². The van der Waals surface area contributed by atoms with Gasteiger partial charge in [-0.05, 0) is 42.8 Å². The number of halogens is 4. The van der Waals surface area contributed by atoms with Crippen LogP contribution in [0.2, 0.25) is 5.02 Å². The van der Waals surface area contributed by atoms with E-state index in [0.717, 1.165) is 23.8 Å². The minimum absolute atomic E-state index is 0.00266. The first-order valence-corrected chi connectivity index (χ1v) is 10.2. The number of alkyl halides is 3. The minimum atomic E-state index is -4.60. The number of hydrogen-bond acceptors (Lipinski definition) is 3. The Kier molecular flexibility index (Phi) is 7.45. The van der Waals surface area contributed by atoms with E-state index in [9.17, 15) is 26.4 Å². The van der Waals surface area contributed by atoms with Crippen LogP contribution in [0.3, 0.4) is 0 Å². The lowest BCUT2D eigenvalue weighted by Crippen LogP contribution is -2.34. The fourth-order valence-corrected chi connectivity index (χ4v) is 3.52. The van der Waals surface area contributed by atoms with E-state index in [1.165, 1.54) is 24.3 Å². The van der Waals surface area contributed by atoms with Gasteiger partial charge in [-0.25, -0.2) is 13.1 Å². The normalized spacial score (nSPS) is 12.3. The lowest BCUT2D eigenvalue weighted by molar-refractivity contribution is -0.137. The van der Waals surface area contributed by atoms with Crippen molar-refractivity contribution in [3.8, 4) is 0 Å². The van der Waals surface area contributed by atoms with Crippen molar-refractivity contribution in [2.24, 2.45) is 0 Å². The smallest absolute Gasteiger partial charge is 0.351 e. The van der Waals surface area contributed by atoms with Crippen molar-refractivity contribution in [3.05, 3.63) is 70.3 Å². The molecule has 2 rings (SSSR count). The molecular weight excluding hydrogens is 429 g/mol. The number of aryl methyl sites for hydroxylation is 1. The van der Waals surface area contributed by atoms with Gasteiger partial charge in [-0.1, -0.05) is 35.4 Å². The molecular formula is C19H18ClF3N2O3S. The van der Waals surface area contributed by atoms with Crippen LogP contribution in [0.15, 0.2) is 53.4 Å². The molecule has 2 N–H and O–H groups in total. The van der Waals surface area contributed by atoms with Crippen LogP contribution in [0.25, 0.3) is 6.08 Å². The van der Waals surface area contributed by atoms with Crippen molar-refractivity contribution in [1.82, 2.24) is 10.0 Å². The summed E-state index contributed by atoms with van der Waals surface area (Å²) in [6.07, 6.45) is -2.34. The van der Waals surface area contributed by atoms with Crippen molar-refractivity contribution >= 4 is 33.6 Å². The molecule has 156 valence electrons. The Hall–Kier alpha value is -2.36. The summed E-state index contributed by atoms with van der Waals surface area (Å²) >= 11 is 5.54. The van der Waals surface area contributed by atoms with Gasteiger partial charge in [0, 0.05) is 19.2 Å². The third-order valence-corrected chi connectivity index (χ3v) is 5.58. The molecule has 1 amide bonds. The molecule has 0 bridgehead atoms. The molecule has 0 fully saturated rings. The van der Waals surface area contributed by atoms with Crippen LogP contribution < -0.4 is 10.0 Å². The number of sulfonamides is 1. The monoisotopic (exact) mass is 446 g/mol. The predicted molar refractivity (Wildman–Crippen MR) is 105 cm³/mol. The zero-order valence-corrected chi connectivity index (χ0v) is 16.8. The summed E-state index contributed by atoms with van der Waals surface area (Å²) in [5.74, 6) is -0.581. The van der Waals surface area contributed by atoms with E-state index < -0.39 is 32.7 Å². The Labute approximate surface area is 171 Å². The average molecular weight is 447 g/mol. The van der Waals surface area contributed by atoms with Crippen molar-refractivity contribution in [2.75, 3.05) is 13.1 Å². The molecule has 0 aliphatic heterocycles. The van der Waals surface area contributed by atoms with E-state index in [4.69, 9.17) is 11.6 Å². The van der Waals surface area contributed by atoms with Crippen LogP contribution >= 0.6 is 11.6 Å². The van der Waals surface area contributed by atoms with E-state index in [1.807, 2.05) is 6.92 Å². The van der Waals surface area contributed by atoms with Gasteiger partial charge in [0.15, 0.2) is 0 Å². The molecule has 0 heterocycles. The summed E-state index contributed by atoms with van der Waals surface area (Å²) < 4.78 is 65.0. The number of benzene rings is 2. The fraction of sp³-hybridized carbons (Fsp3) is 0.211. The molecule has 0 aromatic heterocycles. The largest absolute Gasteiger partial charge is 0.417 e. The van der Waals surface area contributed by atoms with Gasteiger partial charge in [-0.15, -0.1) is 0 Å². The first kappa shape index (κ1) is 22.9. The maximum atomic E-state index is 12.8. The maximum Gasteiger partial charge on any atom is 0.417 e. The standard InChI is InChI=1S/C19H18ClF3N2O3S/c1-13-2-6-15(7-3-13)29(27,28)25-11-10-24-18(26)9-5-14-4-8-17(20)16(12-14)19(21,22)23/h2-9,12,25H,10-11H2,1H3,(H,24,26). The van der Waals surface area contributed by atoms with Gasteiger partial charge in [0.05, 0.1) is 15.5 Å². The third-order valence-electron chi connectivity index (χ3n) is 3.77. The zero-order chi connectivity index (χ0) is 21.7. The Morgan fingerprint density at radius 2 is 1.76 bits per heavy atom. The molecule has 0 saturated heterocycles. The van der Waals surface area contributed by atoms with Gasteiger partial charge in [-0.2, -0.15) is 13.2 Å². The number of carbonyl (C=O) groups is 1. The van der Waals surface area contributed by atoms with Gasteiger partial charge in [-0.3, -0.25) is 4.79 Å². The van der Waals surface area contributed by atoms with Crippen LogP contribution in [0.4, 0.5) is 13.2 Å². The topological polar surface area (TPSA) is 75.3 Å². The van der Waals surface area contributed by atoms with E-state index in [0.29, 0.717) is 0 Å². The molecule has 29 heavy (non-hydrogen) atoms. The van der Waals surface area contributed by atoms with Crippen LogP contribution in [-0.4, -0.2) is 27.4 Å². The van der Waals surface area contributed by atoms with Gasteiger partial charge < -0.3 is 5.32 Å². The molecule has 0 atom stereocenters. The number of carbonyl (C=O) groups excluding carboxylic acids is 1. The molecule has 2 aromatic carbocycles. The molecule has 0 aliphatic rings. The highest BCUT2D eigenvalue weighted by Crippen LogP contribution is 2.35. The van der Waals surface area contributed by atoms with Gasteiger partial charge in [0.1, 0.15) is 0 Å². The van der Waals surface area contributed by atoms with Crippen LogP contribution in [-0.2, 0) is 21.0 Å². The van der Waals surface area contributed by atoms with Crippen LogP contribution in [0, 0.1) is 6.92 Å². The van der Waals surface area contributed by atoms with E-state index in [-0.39, 0.29) is 23.5 Å². The third kappa shape index (κ3) is 6.88. The number of amides is 1. The van der Waals surface area contributed by atoms with Crippen LogP contribution in [0.5, 0.6) is 0 Å². The summed E-state index contributed by atoms with van der Waals surface area (Å²) in [6.45, 7) is 1.79. The number of rotatable bonds is 7.